The fourth-order valence-electron chi connectivity index (χ4n) is 8.23. The highest BCUT2D eigenvalue weighted by Crippen LogP contribution is 2.39. The molecule has 3 saturated heterocycles. The summed E-state index contributed by atoms with van der Waals surface area (Å²) in [6.45, 7) is 21.2. The van der Waals surface area contributed by atoms with Gasteiger partial charge < -0.3 is 48.2 Å². The van der Waals surface area contributed by atoms with Gasteiger partial charge in [0.1, 0.15) is 28.5 Å². The van der Waals surface area contributed by atoms with E-state index >= 15 is 0 Å². The molecule has 3 aliphatic heterocycles. The molecule has 15 heteroatoms. The number of ether oxygens (including phenoxy) is 5. The van der Waals surface area contributed by atoms with Crippen LogP contribution in [0.4, 0.5) is 0 Å². The van der Waals surface area contributed by atoms with Crippen LogP contribution in [0.2, 0.25) is 0 Å². The van der Waals surface area contributed by atoms with Crippen molar-refractivity contribution in [3.05, 3.63) is 0 Å². The van der Waals surface area contributed by atoms with Gasteiger partial charge in [0.2, 0.25) is 6.41 Å². The van der Waals surface area contributed by atoms with Gasteiger partial charge in [0.25, 0.3) is 0 Å². The first-order chi connectivity index (χ1) is 23.9. The van der Waals surface area contributed by atoms with Gasteiger partial charge >= 0.3 is 5.97 Å². The van der Waals surface area contributed by atoms with E-state index in [1.807, 2.05) is 81.4 Å². The third kappa shape index (κ3) is 10.1. The lowest BCUT2D eigenvalue weighted by Gasteiger charge is -2.48. The average Bonchev–Trinajstić information content (AvgIpc) is 3.37. The smallest absolute Gasteiger partial charge is 0.316 e. The molecule has 3 aliphatic rings. The fraction of sp³-hybridized carbons (Fsp3) is 0.946. The number of hydrogen-bond acceptors (Lipinski definition) is 14. The van der Waals surface area contributed by atoms with Crippen LogP contribution in [0.15, 0.2) is 0 Å². The number of carbonyl (C=O) groups excluding carboxylic acids is 2. The second kappa shape index (κ2) is 17.9. The van der Waals surface area contributed by atoms with Crippen molar-refractivity contribution in [2.24, 2.45) is 17.8 Å². The summed E-state index contributed by atoms with van der Waals surface area (Å²) in [4.78, 5) is 32.2. The number of Topliss-reactive ketones (excluding diaryl/α,β-unsaturated/α-hetero) is 1. The number of methoxy groups -OCH3 is 1. The van der Waals surface area contributed by atoms with Crippen LogP contribution < -0.4 is 10.0 Å². The molecular formula is C37H70N4O10S. The third-order valence-electron chi connectivity index (χ3n) is 11.7. The molecular weight excluding hydrogens is 692 g/mol. The molecule has 4 N–H and O–H groups in total. The van der Waals surface area contributed by atoms with Crippen LogP contribution in [0, 0.1) is 17.8 Å². The van der Waals surface area contributed by atoms with Crippen LogP contribution in [-0.4, -0.2) is 148 Å². The summed E-state index contributed by atoms with van der Waals surface area (Å²) < 4.78 is 47.4. The Labute approximate surface area is 315 Å². The van der Waals surface area contributed by atoms with Gasteiger partial charge in [0, 0.05) is 43.0 Å². The molecule has 3 heterocycles. The normalized spacial score (nSPS) is 43.4. The Morgan fingerprint density at radius 2 is 1.79 bits per heavy atom. The number of likely N-dealkylation sites (N-methyl/N-ethyl adjacent to an activating group) is 2. The lowest BCUT2D eigenvalue weighted by atomic mass is 9.78. The number of esters is 1. The van der Waals surface area contributed by atoms with E-state index in [4.69, 9.17) is 23.7 Å². The maximum Gasteiger partial charge on any atom is 0.316 e. The number of nitrogens with one attached hydrogen (secondary N) is 2. The lowest BCUT2D eigenvalue weighted by molar-refractivity contribution is -0.299. The molecule has 0 amide bonds. The Morgan fingerprint density at radius 3 is 2.33 bits per heavy atom. The van der Waals surface area contributed by atoms with Crippen LogP contribution in [0.5, 0.6) is 0 Å². The number of fused-ring (bicyclic) bond motifs is 1. The molecule has 5 unspecified atom stereocenters. The predicted molar refractivity (Wildman–Crippen MR) is 199 cm³/mol. The zero-order valence-corrected chi connectivity index (χ0v) is 35.1. The van der Waals surface area contributed by atoms with Crippen molar-refractivity contribution in [1.29, 1.82) is 0 Å². The van der Waals surface area contributed by atoms with Crippen molar-refractivity contribution in [3.63, 3.8) is 0 Å². The fourth-order valence-corrected chi connectivity index (χ4v) is 9.07. The molecule has 0 aromatic heterocycles. The third-order valence-corrected chi connectivity index (χ3v) is 13.4. The van der Waals surface area contributed by atoms with Crippen molar-refractivity contribution < 1.29 is 48.0 Å². The highest BCUT2D eigenvalue weighted by atomic mass is 32.2. The van der Waals surface area contributed by atoms with E-state index in [9.17, 15) is 24.4 Å². The minimum absolute atomic E-state index is 0.0165. The van der Waals surface area contributed by atoms with Gasteiger partial charge in [0.15, 0.2) is 12.1 Å². The van der Waals surface area contributed by atoms with Gasteiger partial charge in [-0.2, -0.15) is 0 Å². The summed E-state index contributed by atoms with van der Waals surface area (Å²) in [6.07, 6.45) is -4.41. The predicted octanol–water partition coefficient (Wildman–Crippen LogP) is 2.17. The molecule has 14 nitrogen and oxygen atoms in total. The Bertz CT molecular complexity index is 1200. The highest BCUT2D eigenvalue weighted by Gasteiger charge is 2.55. The molecule has 0 aliphatic carbocycles. The molecule has 0 aromatic carbocycles. The molecule has 0 radical (unpaired) electrons. The van der Waals surface area contributed by atoms with Crippen molar-refractivity contribution in [1.82, 2.24) is 19.8 Å². The first-order valence-electron chi connectivity index (χ1n) is 18.9. The number of hydrogen-bond donors (Lipinski definition) is 4. The molecule has 52 heavy (non-hydrogen) atoms. The second-order valence-electron chi connectivity index (χ2n) is 17.2. The summed E-state index contributed by atoms with van der Waals surface area (Å²) in [5, 5.41) is 25.4. The topological polar surface area (TPSA) is 174 Å². The maximum absolute atomic E-state index is 14.3. The monoisotopic (exact) mass is 762 g/mol. The number of aliphatic hydroxyl groups is 2. The van der Waals surface area contributed by atoms with Crippen LogP contribution in [0.25, 0.3) is 0 Å². The largest absolute Gasteiger partial charge is 0.598 e. The summed E-state index contributed by atoms with van der Waals surface area (Å²) in [6, 6.07) is -1.29. The van der Waals surface area contributed by atoms with Crippen LogP contribution >= 0.6 is 0 Å². The van der Waals surface area contributed by atoms with Crippen molar-refractivity contribution in [2.75, 3.05) is 34.8 Å². The average molecular weight is 763 g/mol. The quantitative estimate of drug-likeness (QED) is 0.161. The number of nitrogens with zero attached hydrogens (tertiary/aromatic N) is 2. The second-order valence-corrected chi connectivity index (χ2v) is 19.2. The molecule has 0 bridgehead atoms. The minimum atomic E-state index is -1.37. The molecule has 0 saturated carbocycles. The van der Waals surface area contributed by atoms with Gasteiger partial charge in [0.05, 0.1) is 29.9 Å². The van der Waals surface area contributed by atoms with Crippen LogP contribution in [-0.2, 0) is 44.6 Å². The SMILES string of the molecule is CC[C@H]1OC(=O)C(C)C(=O)[C@H](C)[C@@H](O[C@@H]2O[C@H](C(C)N[S+]([O-])C(C)(C)C)CC(N(C)C)[C@H]2O)[C@](C)(OC)C[C@@H](C)CN(C)[C@H](C)[C@H]2NC(O)O[C@@]21C. The van der Waals surface area contributed by atoms with E-state index in [1.54, 1.807) is 14.0 Å². The Morgan fingerprint density at radius 1 is 1.17 bits per heavy atom. The number of rotatable bonds is 8. The zero-order chi connectivity index (χ0) is 39.7. The van der Waals surface area contributed by atoms with Gasteiger partial charge in [-0.1, -0.05) is 20.8 Å². The first kappa shape index (κ1) is 45.4. The molecule has 0 aromatic rings. The van der Waals surface area contributed by atoms with Gasteiger partial charge in [-0.15, -0.1) is 4.72 Å². The minimum Gasteiger partial charge on any atom is -0.598 e. The van der Waals surface area contributed by atoms with Crippen LogP contribution in [0.1, 0.15) is 95.4 Å². The Kier molecular flexibility index (Phi) is 15.6. The lowest BCUT2D eigenvalue weighted by Crippen LogP contribution is -2.62. The van der Waals surface area contributed by atoms with Crippen molar-refractivity contribution in [2.45, 2.75) is 173 Å². The van der Waals surface area contributed by atoms with Crippen molar-refractivity contribution >= 4 is 23.1 Å². The maximum atomic E-state index is 14.3. The first-order valence-corrected chi connectivity index (χ1v) is 20.0. The summed E-state index contributed by atoms with van der Waals surface area (Å²) in [5.41, 5.74) is -2.16. The van der Waals surface area contributed by atoms with Gasteiger partial charge in [-0.3, -0.25) is 14.9 Å². The van der Waals surface area contributed by atoms with E-state index in [0.717, 1.165) is 0 Å². The highest BCUT2D eigenvalue weighted by molar-refractivity contribution is 7.90. The molecule has 0 spiro atoms. The van der Waals surface area contributed by atoms with Gasteiger partial charge in [-0.25, -0.2) is 0 Å². The molecule has 3 rings (SSSR count). The zero-order valence-electron chi connectivity index (χ0n) is 34.3. The number of aliphatic hydroxyl groups excluding tert-OH is 2. The van der Waals surface area contributed by atoms with Gasteiger partial charge in [-0.05, 0) is 102 Å². The standard InChI is InChI=1S/C37H70N4O10S/c1-16-27-37(11)30(38-34(45)51-37)24(6)41(14)19-20(2)18-36(10,47-15)31(21(3)28(42)22(4)32(44)49-27)50-33-29(43)25(40(12)13)17-26(48-33)23(5)39-52(46)35(7,8)9/h20-27,29-31,33-34,38-39,43,45H,16-19H2,1-15H3/t20-,21+,22?,23?,24-,25?,26+,27-,29-,30-,31-,33+,34?,36-,37-,52?/m1/s1. The molecule has 304 valence electrons. The molecule has 16 atom stereocenters. The number of cyclic esters (lactones) is 1. The Balaban J connectivity index is 2.06. The van der Waals surface area contributed by atoms with E-state index in [-0.39, 0.29) is 24.0 Å². The van der Waals surface area contributed by atoms with Crippen LogP contribution in [0.3, 0.4) is 0 Å². The summed E-state index contributed by atoms with van der Waals surface area (Å²) >= 11 is -1.37. The number of carbonyl (C=O) groups is 2. The van der Waals surface area contributed by atoms with E-state index in [0.29, 0.717) is 25.8 Å². The summed E-state index contributed by atoms with van der Waals surface area (Å²) in [5.74, 6) is -3.16. The van der Waals surface area contributed by atoms with Crippen molar-refractivity contribution in [3.8, 4) is 0 Å². The Hall–Kier alpha value is -0.950. The van der Waals surface area contributed by atoms with E-state index in [2.05, 4.69) is 21.9 Å². The van der Waals surface area contributed by atoms with E-state index in [1.165, 1.54) is 6.92 Å². The molecule has 3 fully saturated rings. The number of ketones is 1. The summed E-state index contributed by atoms with van der Waals surface area (Å²) in [7, 11) is 7.33. The van der Waals surface area contributed by atoms with E-state index < -0.39 is 94.1 Å².